The van der Waals surface area contributed by atoms with Gasteiger partial charge in [0.25, 0.3) is 0 Å². The zero-order valence-electron chi connectivity index (χ0n) is 30.8. The molecule has 5 heteroatoms. The van der Waals surface area contributed by atoms with Crippen LogP contribution < -0.4 is 0 Å². The first-order valence-corrected chi connectivity index (χ1v) is 19.1. The van der Waals surface area contributed by atoms with E-state index >= 15 is 0 Å². The van der Waals surface area contributed by atoms with E-state index in [4.69, 9.17) is 20.1 Å². The first-order chi connectivity index (χ1) is 28.2. The summed E-state index contributed by atoms with van der Waals surface area (Å²) in [6.45, 7) is 0. The van der Waals surface area contributed by atoms with Crippen LogP contribution in [0.5, 0.6) is 0 Å². The first-order valence-electron chi connectivity index (χ1n) is 19.1. The van der Waals surface area contributed by atoms with Crippen LogP contribution in [0.15, 0.2) is 200 Å². The molecule has 0 bridgehead atoms. The van der Waals surface area contributed by atoms with Crippen molar-refractivity contribution >= 4 is 43.2 Å². The molecule has 0 atom stereocenters. The number of hydrogen-bond acceptors (Lipinski definition) is 4. The van der Waals surface area contributed by atoms with Crippen molar-refractivity contribution in [2.75, 3.05) is 0 Å². The maximum atomic E-state index is 5.40. The van der Waals surface area contributed by atoms with Gasteiger partial charge in [0.05, 0.1) is 11.2 Å². The third-order valence-corrected chi connectivity index (χ3v) is 10.8. The Kier molecular flexibility index (Phi) is 7.74. The first kappa shape index (κ1) is 32.7. The second kappa shape index (κ2) is 13.5. The highest BCUT2D eigenvalue weighted by molar-refractivity contribution is 6.19. The van der Waals surface area contributed by atoms with E-state index in [9.17, 15) is 0 Å². The summed E-state index contributed by atoms with van der Waals surface area (Å²) in [6.07, 6.45) is 0. The van der Waals surface area contributed by atoms with Crippen molar-refractivity contribution in [1.29, 1.82) is 0 Å². The van der Waals surface area contributed by atoms with E-state index in [1.54, 1.807) is 0 Å². The Morgan fingerprint density at radius 1 is 0.333 bits per heavy atom. The summed E-state index contributed by atoms with van der Waals surface area (Å²) < 4.78 is 2.10. The molecular formula is C52H33N5. The van der Waals surface area contributed by atoms with Crippen molar-refractivity contribution in [3.05, 3.63) is 200 Å². The highest BCUT2D eigenvalue weighted by Crippen LogP contribution is 2.44. The molecule has 0 radical (unpaired) electrons. The lowest BCUT2D eigenvalue weighted by molar-refractivity contribution is 0.918. The molecule has 0 spiro atoms. The Bertz CT molecular complexity index is 3180. The molecule has 57 heavy (non-hydrogen) atoms. The van der Waals surface area contributed by atoms with Crippen molar-refractivity contribution < 1.29 is 0 Å². The minimum atomic E-state index is 0.606. The van der Waals surface area contributed by atoms with Gasteiger partial charge in [0.15, 0.2) is 17.5 Å². The minimum Gasteiger partial charge on any atom is -0.232 e. The molecule has 266 valence electrons. The fourth-order valence-electron chi connectivity index (χ4n) is 8.07. The van der Waals surface area contributed by atoms with E-state index in [2.05, 4.69) is 193 Å². The molecular weight excluding hydrogens is 695 g/mol. The van der Waals surface area contributed by atoms with Gasteiger partial charge in [-0.1, -0.05) is 170 Å². The third-order valence-electron chi connectivity index (χ3n) is 10.8. The number of rotatable bonds is 6. The molecule has 0 aliphatic carbocycles. The highest BCUT2D eigenvalue weighted by atomic mass is 15.3. The number of nitrogens with zero attached hydrogens (tertiary/aromatic N) is 5. The summed E-state index contributed by atoms with van der Waals surface area (Å²) in [6, 6.07) is 69.8. The van der Waals surface area contributed by atoms with E-state index in [0.29, 0.717) is 17.5 Å². The van der Waals surface area contributed by atoms with Crippen LogP contribution in [0.1, 0.15) is 0 Å². The van der Waals surface area contributed by atoms with Crippen LogP contribution in [0.2, 0.25) is 0 Å². The Morgan fingerprint density at radius 3 is 1.47 bits per heavy atom. The molecule has 0 N–H and O–H groups in total. The largest absolute Gasteiger partial charge is 0.232 e. The summed E-state index contributed by atoms with van der Waals surface area (Å²) in [5, 5.41) is 13.2. The van der Waals surface area contributed by atoms with E-state index in [1.165, 1.54) is 10.8 Å². The zero-order chi connectivity index (χ0) is 37.7. The van der Waals surface area contributed by atoms with E-state index < -0.39 is 0 Å². The fourth-order valence-corrected chi connectivity index (χ4v) is 8.07. The Balaban J connectivity index is 1.23. The van der Waals surface area contributed by atoms with Gasteiger partial charge >= 0.3 is 0 Å². The van der Waals surface area contributed by atoms with Crippen LogP contribution in [0.25, 0.3) is 105 Å². The minimum absolute atomic E-state index is 0.606. The van der Waals surface area contributed by atoms with Gasteiger partial charge < -0.3 is 0 Å². The van der Waals surface area contributed by atoms with Crippen molar-refractivity contribution in [3.8, 4) is 62.2 Å². The normalized spacial score (nSPS) is 11.5. The van der Waals surface area contributed by atoms with Gasteiger partial charge in [-0.2, -0.15) is 5.10 Å². The average Bonchev–Trinajstić information content (AvgIpc) is 3.70. The molecule has 2 heterocycles. The summed E-state index contributed by atoms with van der Waals surface area (Å²) in [4.78, 5) is 15.7. The molecule has 5 nitrogen and oxygen atoms in total. The molecule has 0 saturated carbocycles. The lowest BCUT2D eigenvalue weighted by atomic mass is 9.92. The smallest absolute Gasteiger partial charge is 0.164 e. The van der Waals surface area contributed by atoms with Crippen LogP contribution in [0.4, 0.5) is 0 Å². The predicted octanol–water partition coefficient (Wildman–Crippen LogP) is 13.0. The molecule has 0 saturated heterocycles. The lowest BCUT2D eigenvalue weighted by Gasteiger charge is -2.15. The van der Waals surface area contributed by atoms with Crippen molar-refractivity contribution in [3.63, 3.8) is 0 Å². The van der Waals surface area contributed by atoms with Crippen molar-refractivity contribution in [2.24, 2.45) is 0 Å². The Hall–Kier alpha value is -7.76. The summed E-state index contributed by atoms with van der Waals surface area (Å²) in [5.41, 5.74) is 8.97. The maximum Gasteiger partial charge on any atom is 0.164 e. The molecule has 0 unspecified atom stereocenters. The second-order valence-corrected chi connectivity index (χ2v) is 14.3. The average molecular weight is 728 g/mol. The van der Waals surface area contributed by atoms with Crippen LogP contribution in [0.3, 0.4) is 0 Å². The molecule has 2 aromatic heterocycles. The van der Waals surface area contributed by atoms with Crippen LogP contribution in [-0.4, -0.2) is 24.7 Å². The monoisotopic (exact) mass is 727 g/mol. The number of fused-ring (bicyclic) bond motifs is 5. The lowest BCUT2D eigenvalue weighted by Crippen LogP contribution is -2.01. The summed E-state index contributed by atoms with van der Waals surface area (Å²) in [7, 11) is 0. The number of aromatic nitrogens is 5. The second-order valence-electron chi connectivity index (χ2n) is 14.3. The van der Waals surface area contributed by atoms with Crippen molar-refractivity contribution in [2.45, 2.75) is 0 Å². The standard InChI is InChI=1S/C52H33N5/c1-4-17-36(18-5-1)45-33-46-43(49-47(45)48(37-19-6-2-7-20-37)56-57(49)42-23-8-3-9-24-42)25-14-26-44(46)52-54-50(40-29-27-34-15-10-12-21-38(34)31-40)53-51(55-52)41-30-28-35-16-11-13-22-39(35)32-41/h1-33H. The number of para-hydroxylation sites is 1. The topological polar surface area (TPSA) is 56.5 Å². The summed E-state index contributed by atoms with van der Waals surface area (Å²) in [5.74, 6) is 1.85. The SMILES string of the molecule is c1ccc(-c2cc3c(-c4nc(-c5ccc6ccccc6c5)nc(-c5ccc6ccccc6c5)n4)cccc3c3c2c(-c2ccccc2)nn3-c2ccccc2)cc1. The van der Waals surface area contributed by atoms with Gasteiger partial charge in [0.2, 0.25) is 0 Å². The van der Waals surface area contributed by atoms with Crippen molar-refractivity contribution in [1.82, 2.24) is 24.7 Å². The fraction of sp³-hybridized carbons (Fsp3) is 0. The maximum absolute atomic E-state index is 5.40. The summed E-state index contributed by atoms with van der Waals surface area (Å²) >= 11 is 0. The highest BCUT2D eigenvalue weighted by Gasteiger charge is 2.23. The van der Waals surface area contributed by atoms with Crippen LogP contribution in [0, 0.1) is 0 Å². The van der Waals surface area contributed by atoms with Crippen LogP contribution >= 0.6 is 0 Å². The molecule has 0 amide bonds. The van der Waals surface area contributed by atoms with Gasteiger partial charge in [-0.3, -0.25) is 0 Å². The Morgan fingerprint density at radius 2 is 0.860 bits per heavy atom. The molecule has 0 fully saturated rings. The van der Waals surface area contributed by atoms with Gasteiger partial charge in [0, 0.05) is 33.0 Å². The molecule has 11 aromatic rings. The van der Waals surface area contributed by atoms with Gasteiger partial charge in [-0.15, -0.1) is 0 Å². The van der Waals surface area contributed by atoms with E-state index in [0.717, 1.165) is 77.2 Å². The van der Waals surface area contributed by atoms with Gasteiger partial charge in [0.1, 0.15) is 5.69 Å². The molecule has 0 aliphatic heterocycles. The zero-order valence-corrected chi connectivity index (χ0v) is 30.8. The van der Waals surface area contributed by atoms with Gasteiger partial charge in [-0.25, -0.2) is 19.6 Å². The van der Waals surface area contributed by atoms with E-state index in [1.807, 2.05) is 12.1 Å². The Labute approximate surface area is 329 Å². The molecule has 0 aliphatic rings. The number of hydrogen-bond donors (Lipinski definition) is 0. The molecule has 11 rings (SSSR count). The van der Waals surface area contributed by atoms with Gasteiger partial charge in [-0.05, 0) is 68.4 Å². The quantitative estimate of drug-likeness (QED) is 0.171. The van der Waals surface area contributed by atoms with Crippen LogP contribution in [-0.2, 0) is 0 Å². The predicted molar refractivity (Wildman–Crippen MR) is 234 cm³/mol. The molecule has 9 aromatic carbocycles. The van der Waals surface area contributed by atoms with E-state index in [-0.39, 0.29) is 0 Å². The number of benzene rings is 9. The third kappa shape index (κ3) is 5.72.